The Labute approximate surface area is 105 Å². The number of hydrogen-bond donors (Lipinski definition) is 1. The lowest BCUT2D eigenvalue weighted by Gasteiger charge is -2.30. The van der Waals surface area contributed by atoms with Crippen LogP contribution < -0.4 is 5.32 Å². The van der Waals surface area contributed by atoms with E-state index in [1.54, 1.807) is 0 Å². The molecule has 0 bridgehead atoms. The van der Waals surface area contributed by atoms with E-state index in [4.69, 9.17) is 0 Å². The Morgan fingerprint density at radius 1 is 1.35 bits per heavy atom. The fraction of sp³-hybridized carbons (Fsp3) is 0.786. The third-order valence-electron chi connectivity index (χ3n) is 3.96. The summed E-state index contributed by atoms with van der Waals surface area (Å²) in [5.74, 6) is 1.46. The van der Waals surface area contributed by atoms with Crippen molar-refractivity contribution in [1.29, 1.82) is 0 Å². The topological polar surface area (TPSA) is 29.9 Å². The van der Waals surface area contributed by atoms with Crippen molar-refractivity contribution in [1.82, 2.24) is 14.9 Å². The van der Waals surface area contributed by atoms with Gasteiger partial charge in [-0.1, -0.05) is 19.8 Å². The monoisotopic (exact) mass is 235 g/mol. The molecule has 96 valence electrons. The van der Waals surface area contributed by atoms with Gasteiger partial charge in [0, 0.05) is 18.7 Å². The molecule has 0 aliphatic heterocycles. The summed E-state index contributed by atoms with van der Waals surface area (Å²) in [5.41, 5.74) is 1.31. The molecule has 1 N–H and O–H groups in total. The number of aromatic nitrogens is 2. The first-order valence-corrected chi connectivity index (χ1v) is 7.07. The molecule has 2 unspecified atom stereocenters. The maximum absolute atomic E-state index is 4.60. The molecule has 1 aliphatic rings. The van der Waals surface area contributed by atoms with Crippen LogP contribution in [0, 0.1) is 5.92 Å². The zero-order valence-electron chi connectivity index (χ0n) is 11.2. The van der Waals surface area contributed by atoms with Gasteiger partial charge in [0.25, 0.3) is 0 Å². The van der Waals surface area contributed by atoms with Gasteiger partial charge in [-0.05, 0) is 38.8 Å². The third-order valence-corrected chi connectivity index (χ3v) is 3.96. The van der Waals surface area contributed by atoms with Crippen molar-refractivity contribution < 1.29 is 0 Å². The van der Waals surface area contributed by atoms with Crippen LogP contribution in [0.4, 0.5) is 0 Å². The lowest BCUT2D eigenvalue weighted by Crippen LogP contribution is -2.29. The van der Waals surface area contributed by atoms with E-state index in [0.29, 0.717) is 5.92 Å². The fourth-order valence-corrected chi connectivity index (χ4v) is 2.91. The molecular formula is C14H25N3. The lowest BCUT2D eigenvalue weighted by molar-refractivity contribution is 0.293. The minimum atomic E-state index is 0.676. The Hall–Kier alpha value is -0.830. The Morgan fingerprint density at radius 2 is 2.18 bits per heavy atom. The summed E-state index contributed by atoms with van der Waals surface area (Å²) in [4.78, 5) is 4.60. The van der Waals surface area contributed by atoms with Gasteiger partial charge in [0.1, 0.15) is 0 Å². The second-order valence-electron chi connectivity index (χ2n) is 5.09. The Balaban J connectivity index is 2.04. The van der Waals surface area contributed by atoms with Crippen molar-refractivity contribution in [2.24, 2.45) is 5.92 Å². The molecule has 1 aromatic rings. The summed E-state index contributed by atoms with van der Waals surface area (Å²) in [7, 11) is 0. The van der Waals surface area contributed by atoms with Crippen molar-refractivity contribution in [2.45, 2.75) is 52.0 Å². The zero-order chi connectivity index (χ0) is 12.1. The van der Waals surface area contributed by atoms with Crippen molar-refractivity contribution >= 4 is 0 Å². The largest absolute Gasteiger partial charge is 0.337 e. The normalized spacial score (nSPS) is 25.1. The van der Waals surface area contributed by atoms with Crippen molar-refractivity contribution in [3.05, 3.63) is 18.2 Å². The Bertz CT molecular complexity index is 332. The smallest absolute Gasteiger partial charge is 0.0949 e. The minimum Gasteiger partial charge on any atom is -0.337 e. The van der Waals surface area contributed by atoms with Crippen LogP contribution in [0.2, 0.25) is 0 Å². The van der Waals surface area contributed by atoms with Gasteiger partial charge < -0.3 is 9.88 Å². The molecule has 0 saturated heterocycles. The van der Waals surface area contributed by atoms with E-state index in [9.17, 15) is 0 Å². The van der Waals surface area contributed by atoms with Gasteiger partial charge >= 0.3 is 0 Å². The van der Waals surface area contributed by atoms with E-state index in [1.165, 1.54) is 31.4 Å². The van der Waals surface area contributed by atoms with Crippen LogP contribution >= 0.6 is 0 Å². The summed E-state index contributed by atoms with van der Waals surface area (Å²) in [6.07, 6.45) is 9.66. The predicted molar refractivity (Wildman–Crippen MR) is 71.1 cm³/mol. The molecule has 1 saturated carbocycles. The van der Waals surface area contributed by atoms with Crippen molar-refractivity contribution in [2.75, 3.05) is 13.1 Å². The quantitative estimate of drug-likeness (QED) is 0.850. The standard InChI is InChI=1S/C14H25N3/c1-3-15-9-12-7-5-6-8-13(12)14-10-17(4-2)11-16-14/h10-13,15H,3-9H2,1-2H3. The van der Waals surface area contributed by atoms with E-state index in [2.05, 4.69) is 34.9 Å². The molecule has 3 heteroatoms. The SMILES string of the molecule is CCNCC1CCCCC1c1cn(CC)cn1. The highest BCUT2D eigenvalue weighted by atomic mass is 15.0. The molecule has 0 aromatic carbocycles. The van der Waals surface area contributed by atoms with E-state index >= 15 is 0 Å². The van der Waals surface area contributed by atoms with Gasteiger partial charge in [-0.25, -0.2) is 4.98 Å². The molecule has 1 aliphatic carbocycles. The van der Waals surface area contributed by atoms with Crippen LogP contribution in [0.3, 0.4) is 0 Å². The number of nitrogens with zero attached hydrogens (tertiary/aromatic N) is 2. The van der Waals surface area contributed by atoms with Gasteiger partial charge in [0.05, 0.1) is 12.0 Å². The second kappa shape index (κ2) is 6.20. The molecule has 1 fully saturated rings. The maximum Gasteiger partial charge on any atom is 0.0949 e. The zero-order valence-corrected chi connectivity index (χ0v) is 11.2. The summed E-state index contributed by atoms with van der Waals surface area (Å²) in [6, 6.07) is 0. The highest BCUT2D eigenvalue weighted by molar-refractivity contribution is 5.08. The van der Waals surface area contributed by atoms with Crippen LogP contribution in [0.25, 0.3) is 0 Å². The maximum atomic E-state index is 4.60. The molecule has 3 nitrogen and oxygen atoms in total. The van der Waals surface area contributed by atoms with Gasteiger partial charge in [-0.2, -0.15) is 0 Å². The van der Waals surface area contributed by atoms with Crippen LogP contribution in [0.15, 0.2) is 12.5 Å². The number of hydrogen-bond acceptors (Lipinski definition) is 2. The van der Waals surface area contributed by atoms with Crippen LogP contribution in [-0.4, -0.2) is 22.6 Å². The van der Waals surface area contributed by atoms with E-state index in [1.807, 2.05) is 6.33 Å². The van der Waals surface area contributed by atoms with E-state index in [-0.39, 0.29) is 0 Å². The lowest BCUT2D eigenvalue weighted by atomic mass is 9.77. The van der Waals surface area contributed by atoms with Crippen LogP contribution in [0.1, 0.15) is 51.1 Å². The van der Waals surface area contributed by atoms with Gasteiger partial charge in [0.15, 0.2) is 0 Å². The van der Waals surface area contributed by atoms with Crippen molar-refractivity contribution in [3.63, 3.8) is 0 Å². The van der Waals surface area contributed by atoms with Crippen LogP contribution in [0.5, 0.6) is 0 Å². The number of aryl methyl sites for hydroxylation is 1. The average Bonchev–Trinajstić information content (AvgIpc) is 2.85. The Morgan fingerprint density at radius 3 is 2.88 bits per heavy atom. The average molecular weight is 235 g/mol. The molecule has 2 rings (SSSR count). The fourth-order valence-electron chi connectivity index (χ4n) is 2.91. The first-order chi connectivity index (χ1) is 8.35. The first kappa shape index (κ1) is 12.6. The highest BCUT2D eigenvalue weighted by Gasteiger charge is 2.27. The first-order valence-electron chi connectivity index (χ1n) is 7.07. The van der Waals surface area contributed by atoms with Crippen LogP contribution in [-0.2, 0) is 6.54 Å². The number of nitrogens with one attached hydrogen (secondary N) is 1. The molecular weight excluding hydrogens is 210 g/mol. The van der Waals surface area contributed by atoms with E-state index < -0.39 is 0 Å². The minimum absolute atomic E-state index is 0.676. The number of rotatable bonds is 5. The number of imidazole rings is 1. The summed E-state index contributed by atoms with van der Waals surface area (Å²) >= 11 is 0. The summed E-state index contributed by atoms with van der Waals surface area (Å²) < 4.78 is 2.19. The van der Waals surface area contributed by atoms with E-state index in [0.717, 1.165) is 25.6 Å². The summed E-state index contributed by atoms with van der Waals surface area (Å²) in [5, 5.41) is 3.50. The molecule has 1 aromatic heterocycles. The highest BCUT2D eigenvalue weighted by Crippen LogP contribution is 2.36. The predicted octanol–water partition coefficient (Wildman–Crippen LogP) is 2.79. The molecule has 0 spiro atoms. The summed E-state index contributed by atoms with van der Waals surface area (Å²) in [6.45, 7) is 7.61. The molecule has 0 radical (unpaired) electrons. The van der Waals surface area contributed by atoms with Gasteiger partial charge in [-0.3, -0.25) is 0 Å². The third kappa shape index (κ3) is 3.09. The molecule has 0 amide bonds. The second-order valence-corrected chi connectivity index (χ2v) is 5.09. The Kier molecular flexibility index (Phi) is 4.60. The molecule has 1 heterocycles. The van der Waals surface area contributed by atoms with Gasteiger partial charge in [-0.15, -0.1) is 0 Å². The molecule has 17 heavy (non-hydrogen) atoms. The molecule has 2 atom stereocenters. The van der Waals surface area contributed by atoms with Crippen molar-refractivity contribution in [3.8, 4) is 0 Å². The van der Waals surface area contributed by atoms with Gasteiger partial charge in [0.2, 0.25) is 0 Å².